The normalized spacial score (nSPS) is 11.4. The molecule has 0 N–H and O–H groups in total. The average Bonchev–Trinajstić information content (AvgIpc) is 2.81. The Kier molecular flexibility index (Phi) is 7.00. The average molecular weight is 421 g/mol. The van der Waals surface area contributed by atoms with Crippen LogP contribution in [0.15, 0.2) is 82.8 Å². The van der Waals surface area contributed by atoms with Crippen molar-refractivity contribution in [2.45, 2.75) is 0 Å². The highest BCUT2D eigenvalue weighted by Crippen LogP contribution is 2.21. The third kappa shape index (κ3) is 5.38. The van der Waals surface area contributed by atoms with E-state index in [4.69, 9.17) is 0 Å². The highest BCUT2D eigenvalue weighted by Gasteiger charge is 2.09. The van der Waals surface area contributed by atoms with Crippen LogP contribution in [0, 0.1) is 22.7 Å². The number of anilines is 2. The van der Waals surface area contributed by atoms with Crippen molar-refractivity contribution >= 4 is 34.2 Å². The van der Waals surface area contributed by atoms with Crippen LogP contribution in [0.3, 0.4) is 0 Å². The van der Waals surface area contributed by atoms with Crippen molar-refractivity contribution in [1.29, 1.82) is 10.5 Å². The van der Waals surface area contributed by atoms with Crippen molar-refractivity contribution in [3.05, 3.63) is 83.9 Å². The van der Waals surface area contributed by atoms with Gasteiger partial charge in [-0.25, -0.2) is 9.98 Å². The SMILES string of the molecule is CN(C)c1ccc(N=C(C#N)c2cccc(C(C#N)=Nc3ccc(N(C)C)cc3)c2)cc1. The number of nitrogens with zero attached hydrogens (tertiary/aromatic N) is 6. The van der Waals surface area contributed by atoms with Gasteiger partial charge in [0.05, 0.1) is 11.4 Å². The molecule has 0 atom stereocenters. The zero-order valence-corrected chi connectivity index (χ0v) is 18.6. The van der Waals surface area contributed by atoms with E-state index in [-0.39, 0.29) is 11.4 Å². The maximum Gasteiger partial charge on any atom is 0.148 e. The molecular formula is C26H24N6. The largest absolute Gasteiger partial charge is 0.378 e. The molecular weight excluding hydrogens is 396 g/mol. The minimum Gasteiger partial charge on any atom is -0.378 e. The van der Waals surface area contributed by atoms with Gasteiger partial charge >= 0.3 is 0 Å². The molecule has 0 fully saturated rings. The molecule has 158 valence electrons. The fourth-order valence-corrected chi connectivity index (χ4v) is 3.03. The van der Waals surface area contributed by atoms with Gasteiger partial charge < -0.3 is 9.80 Å². The van der Waals surface area contributed by atoms with E-state index in [1.54, 1.807) is 24.3 Å². The number of aliphatic imine (C=N–C) groups is 2. The van der Waals surface area contributed by atoms with Crippen LogP contribution >= 0.6 is 0 Å². The summed E-state index contributed by atoms with van der Waals surface area (Å²) in [6.45, 7) is 0. The van der Waals surface area contributed by atoms with E-state index >= 15 is 0 Å². The van der Waals surface area contributed by atoms with Gasteiger partial charge in [0.2, 0.25) is 0 Å². The molecule has 3 aromatic carbocycles. The standard InChI is InChI=1S/C26H24N6/c1-31(2)23-12-8-21(9-13-23)29-25(17-27)19-6-5-7-20(16-19)26(18-28)30-22-10-14-24(15-11-22)32(3)4/h5-16H,1-4H3. The van der Waals surface area contributed by atoms with Crippen molar-refractivity contribution < 1.29 is 0 Å². The van der Waals surface area contributed by atoms with Crippen molar-refractivity contribution in [1.82, 2.24) is 0 Å². The van der Waals surface area contributed by atoms with E-state index in [0.717, 1.165) is 11.4 Å². The van der Waals surface area contributed by atoms with E-state index < -0.39 is 0 Å². The first-order chi connectivity index (χ1) is 15.4. The smallest absolute Gasteiger partial charge is 0.148 e. The van der Waals surface area contributed by atoms with Crippen LogP contribution in [0.1, 0.15) is 11.1 Å². The lowest BCUT2D eigenvalue weighted by atomic mass is 10.0. The van der Waals surface area contributed by atoms with Gasteiger partial charge in [-0.2, -0.15) is 10.5 Å². The van der Waals surface area contributed by atoms with E-state index in [1.165, 1.54) is 0 Å². The topological polar surface area (TPSA) is 78.8 Å². The summed E-state index contributed by atoms with van der Waals surface area (Å²) in [6.07, 6.45) is 0. The molecule has 0 aromatic heterocycles. The van der Waals surface area contributed by atoms with Gasteiger partial charge in [0.15, 0.2) is 0 Å². The van der Waals surface area contributed by atoms with Crippen LogP contribution in [0.25, 0.3) is 0 Å². The fraction of sp³-hybridized carbons (Fsp3) is 0.154. The van der Waals surface area contributed by atoms with Gasteiger partial charge in [-0.05, 0) is 54.6 Å². The van der Waals surface area contributed by atoms with Gasteiger partial charge in [0.25, 0.3) is 0 Å². The maximum atomic E-state index is 9.69. The lowest BCUT2D eigenvalue weighted by molar-refractivity contribution is 1.13. The summed E-state index contributed by atoms with van der Waals surface area (Å²) in [4.78, 5) is 13.0. The second kappa shape index (κ2) is 10.1. The Morgan fingerprint density at radius 3 is 1.31 bits per heavy atom. The van der Waals surface area contributed by atoms with Crippen LogP contribution in [-0.2, 0) is 0 Å². The lowest BCUT2D eigenvalue weighted by Crippen LogP contribution is -2.07. The molecule has 0 aliphatic heterocycles. The molecule has 0 radical (unpaired) electrons. The summed E-state index contributed by atoms with van der Waals surface area (Å²) in [5.41, 5.74) is 5.30. The minimum atomic E-state index is 0.275. The number of rotatable bonds is 6. The van der Waals surface area contributed by atoms with Crippen molar-refractivity contribution in [2.75, 3.05) is 38.0 Å². The van der Waals surface area contributed by atoms with E-state index in [1.807, 2.05) is 86.5 Å². The van der Waals surface area contributed by atoms with E-state index in [2.05, 4.69) is 22.1 Å². The summed E-state index contributed by atoms with van der Waals surface area (Å²) in [5.74, 6) is 0. The van der Waals surface area contributed by atoms with Crippen LogP contribution in [0.2, 0.25) is 0 Å². The number of hydrogen-bond donors (Lipinski definition) is 0. The number of nitriles is 2. The van der Waals surface area contributed by atoms with Crippen LogP contribution < -0.4 is 9.80 Å². The highest BCUT2D eigenvalue weighted by atomic mass is 15.1. The van der Waals surface area contributed by atoms with Crippen LogP contribution in [0.5, 0.6) is 0 Å². The quantitative estimate of drug-likeness (QED) is 0.519. The number of benzene rings is 3. The van der Waals surface area contributed by atoms with Gasteiger partial charge in [-0.3, -0.25) is 0 Å². The molecule has 6 heteroatoms. The van der Waals surface area contributed by atoms with Crippen LogP contribution in [0.4, 0.5) is 22.7 Å². The van der Waals surface area contributed by atoms with E-state index in [9.17, 15) is 10.5 Å². The Hall–Kier alpha value is -4.42. The molecule has 3 rings (SSSR count). The zero-order valence-electron chi connectivity index (χ0n) is 18.6. The Morgan fingerprint density at radius 2 is 1.00 bits per heavy atom. The molecule has 0 aliphatic carbocycles. The Morgan fingerprint density at radius 1 is 0.625 bits per heavy atom. The number of hydrogen-bond acceptors (Lipinski definition) is 6. The molecule has 0 unspecified atom stereocenters. The Labute approximate surface area is 189 Å². The summed E-state index contributed by atoms with van der Waals surface area (Å²) in [5, 5.41) is 19.4. The second-order valence-electron chi connectivity index (χ2n) is 7.55. The van der Waals surface area contributed by atoms with E-state index in [0.29, 0.717) is 22.5 Å². The molecule has 6 nitrogen and oxygen atoms in total. The molecule has 32 heavy (non-hydrogen) atoms. The first-order valence-electron chi connectivity index (χ1n) is 10.0. The molecule has 0 spiro atoms. The minimum absolute atomic E-state index is 0.275. The fourth-order valence-electron chi connectivity index (χ4n) is 3.03. The predicted octanol–water partition coefficient (Wildman–Crippen LogP) is 5.11. The van der Waals surface area contributed by atoms with Gasteiger partial charge in [0.1, 0.15) is 23.6 Å². The van der Waals surface area contributed by atoms with Crippen molar-refractivity contribution in [3.63, 3.8) is 0 Å². The molecule has 3 aromatic rings. The summed E-state index contributed by atoms with van der Waals surface area (Å²) >= 11 is 0. The maximum absolute atomic E-state index is 9.69. The summed E-state index contributed by atoms with van der Waals surface area (Å²) in [7, 11) is 7.87. The first-order valence-corrected chi connectivity index (χ1v) is 10.0. The summed E-state index contributed by atoms with van der Waals surface area (Å²) in [6, 6.07) is 26.8. The highest BCUT2D eigenvalue weighted by molar-refractivity contribution is 6.16. The van der Waals surface area contributed by atoms with Crippen LogP contribution in [-0.4, -0.2) is 39.6 Å². The molecule has 0 saturated heterocycles. The Balaban J connectivity index is 1.92. The Bertz CT molecular complexity index is 1130. The third-order valence-corrected chi connectivity index (χ3v) is 4.84. The van der Waals surface area contributed by atoms with Gasteiger partial charge in [0, 0.05) is 50.7 Å². The molecule has 0 aliphatic rings. The first kappa shape index (κ1) is 22.3. The van der Waals surface area contributed by atoms with Crippen molar-refractivity contribution in [3.8, 4) is 12.1 Å². The second-order valence-corrected chi connectivity index (χ2v) is 7.55. The molecule has 0 saturated carbocycles. The lowest BCUT2D eigenvalue weighted by Gasteiger charge is -2.12. The van der Waals surface area contributed by atoms with Crippen molar-refractivity contribution in [2.24, 2.45) is 9.98 Å². The predicted molar refractivity (Wildman–Crippen MR) is 132 cm³/mol. The molecule has 0 amide bonds. The summed E-state index contributed by atoms with van der Waals surface area (Å²) < 4.78 is 0. The monoisotopic (exact) mass is 420 g/mol. The molecule has 0 bridgehead atoms. The zero-order chi connectivity index (χ0) is 23.1. The van der Waals surface area contributed by atoms with Gasteiger partial charge in [-0.15, -0.1) is 0 Å². The van der Waals surface area contributed by atoms with Gasteiger partial charge in [-0.1, -0.05) is 18.2 Å². The third-order valence-electron chi connectivity index (χ3n) is 4.84. The molecule has 0 heterocycles.